The van der Waals surface area contributed by atoms with E-state index >= 15 is 0 Å². The molecule has 0 radical (unpaired) electrons. The third-order valence-corrected chi connectivity index (χ3v) is 6.82. The highest BCUT2D eigenvalue weighted by Crippen LogP contribution is 2.45. The second-order valence-electron chi connectivity index (χ2n) is 8.77. The lowest BCUT2D eigenvalue weighted by Gasteiger charge is -2.42. The van der Waals surface area contributed by atoms with Crippen molar-refractivity contribution < 1.29 is 17.6 Å². The van der Waals surface area contributed by atoms with E-state index in [4.69, 9.17) is 0 Å². The Bertz CT molecular complexity index is 378. The standard InChI is InChI=1S/C20H34F4/c1-11(2)17(21)19(23)13(4)14-6-8-15(9-7-14)16-10-5-12(3)18(22)20(16)24/h11-20H,5-10H2,1-4H3. The van der Waals surface area contributed by atoms with Crippen molar-refractivity contribution in [2.45, 2.75) is 90.9 Å². The highest BCUT2D eigenvalue weighted by molar-refractivity contribution is 4.92. The molecule has 7 unspecified atom stereocenters. The van der Waals surface area contributed by atoms with Crippen LogP contribution >= 0.6 is 0 Å². The highest BCUT2D eigenvalue weighted by Gasteiger charge is 2.43. The van der Waals surface area contributed by atoms with Gasteiger partial charge in [0, 0.05) is 0 Å². The van der Waals surface area contributed by atoms with Gasteiger partial charge in [-0.05, 0) is 74.0 Å². The van der Waals surface area contributed by atoms with E-state index in [1.807, 2.05) is 6.92 Å². The highest BCUT2D eigenvalue weighted by atomic mass is 19.2. The Hall–Kier alpha value is -0.280. The molecule has 2 fully saturated rings. The molecule has 0 aromatic heterocycles. The number of hydrogen-bond donors (Lipinski definition) is 0. The Kier molecular flexibility index (Phi) is 7.01. The summed E-state index contributed by atoms with van der Waals surface area (Å²) in [5.74, 6) is -0.606. The van der Waals surface area contributed by atoms with E-state index in [9.17, 15) is 17.6 Å². The molecule has 142 valence electrons. The van der Waals surface area contributed by atoms with Gasteiger partial charge in [0.05, 0.1) is 0 Å². The van der Waals surface area contributed by atoms with Gasteiger partial charge in [-0.3, -0.25) is 0 Å². The van der Waals surface area contributed by atoms with E-state index in [0.29, 0.717) is 0 Å². The predicted molar refractivity (Wildman–Crippen MR) is 90.9 cm³/mol. The molecule has 0 heterocycles. The zero-order valence-electron chi connectivity index (χ0n) is 15.5. The Labute approximate surface area is 144 Å². The lowest BCUT2D eigenvalue weighted by molar-refractivity contribution is -0.0142. The zero-order chi connectivity index (χ0) is 18.0. The quantitative estimate of drug-likeness (QED) is 0.498. The Morgan fingerprint density at radius 1 is 0.750 bits per heavy atom. The van der Waals surface area contributed by atoms with Crippen LogP contribution in [0.15, 0.2) is 0 Å². The summed E-state index contributed by atoms with van der Waals surface area (Å²) in [4.78, 5) is 0. The zero-order valence-corrected chi connectivity index (χ0v) is 15.5. The van der Waals surface area contributed by atoms with Crippen molar-refractivity contribution in [3.05, 3.63) is 0 Å². The molecule has 0 nitrogen and oxygen atoms in total. The molecular formula is C20H34F4. The van der Waals surface area contributed by atoms with Crippen LogP contribution in [0.2, 0.25) is 0 Å². The van der Waals surface area contributed by atoms with Crippen LogP contribution in [0.1, 0.15) is 66.2 Å². The normalized spacial score (nSPS) is 41.9. The van der Waals surface area contributed by atoms with Crippen LogP contribution in [-0.2, 0) is 0 Å². The van der Waals surface area contributed by atoms with E-state index in [1.54, 1.807) is 20.8 Å². The largest absolute Gasteiger partial charge is 0.244 e. The lowest BCUT2D eigenvalue weighted by Crippen LogP contribution is -2.42. The van der Waals surface area contributed by atoms with Gasteiger partial charge < -0.3 is 0 Å². The van der Waals surface area contributed by atoms with Gasteiger partial charge in [-0.15, -0.1) is 0 Å². The van der Waals surface area contributed by atoms with Crippen molar-refractivity contribution in [1.29, 1.82) is 0 Å². The van der Waals surface area contributed by atoms with E-state index in [-0.39, 0.29) is 35.5 Å². The van der Waals surface area contributed by atoms with Crippen molar-refractivity contribution in [2.75, 3.05) is 0 Å². The molecule has 0 amide bonds. The average Bonchev–Trinajstić information content (AvgIpc) is 2.58. The van der Waals surface area contributed by atoms with Crippen molar-refractivity contribution in [1.82, 2.24) is 0 Å². The third kappa shape index (κ3) is 4.27. The number of hydrogen-bond acceptors (Lipinski definition) is 0. The molecule has 2 aliphatic rings. The van der Waals surface area contributed by atoms with Crippen LogP contribution in [0, 0.1) is 35.5 Å². The summed E-state index contributed by atoms with van der Waals surface area (Å²) in [5, 5.41) is 0. The summed E-state index contributed by atoms with van der Waals surface area (Å²) in [6.45, 7) is 7.01. The molecule has 0 spiro atoms. The minimum absolute atomic E-state index is 0.162. The van der Waals surface area contributed by atoms with E-state index in [2.05, 4.69) is 0 Å². The van der Waals surface area contributed by atoms with Gasteiger partial charge in [0.15, 0.2) is 0 Å². The summed E-state index contributed by atoms with van der Waals surface area (Å²) in [5.41, 5.74) is 0. The molecule has 2 saturated carbocycles. The molecule has 0 aliphatic heterocycles. The number of rotatable bonds is 5. The monoisotopic (exact) mass is 350 g/mol. The van der Waals surface area contributed by atoms with Crippen molar-refractivity contribution in [3.63, 3.8) is 0 Å². The molecular weight excluding hydrogens is 316 g/mol. The molecule has 7 atom stereocenters. The van der Waals surface area contributed by atoms with Crippen LogP contribution in [0.25, 0.3) is 0 Å². The first-order chi connectivity index (χ1) is 11.2. The fourth-order valence-corrected chi connectivity index (χ4v) is 4.84. The first-order valence-electron chi connectivity index (χ1n) is 9.80. The molecule has 2 rings (SSSR count). The fraction of sp³-hybridized carbons (Fsp3) is 1.00. The molecule has 2 aliphatic carbocycles. The van der Waals surface area contributed by atoms with Gasteiger partial charge >= 0.3 is 0 Å². The van der Waals surface area contributed by atoms with Crippen molar-refractivity contribution in [3.8, 4) is 0 Å². The molecule has 4 heteroatoms. The topological polar surface area (TPSA) is 0 Å². The fourth-order valence-electron chi connectivity index (χ4n) is 4.84. The van der Waals surface area contributed by atoms with Gasteiger partial charge in [-0.2, -0.15) is 0 Å². The maximum absolute atomic E-state index is 14.4. The smallest absolute Gasteiger partial charge is 0.134 e. The average molecular weight is 350 g/mol. The van der Waals surface area contributed by atoms with Crippen molar-refractivity contribution >= 4 is 0 Å². The van der Waals surface area contributed by atoms with Crippen LogP contribution < -0.4 is 0 Å². The Morgan fingerprint density at radius 3 is 1.88 bits per heavy atom. The van der Waals surface area contributed by atoms with E-state index in [1.165, 1.54) is 0 Å². The van der Waals surface area contributed by atoms with E-state index in [0.717, 1.165) is 38.5 Å². The van der Waals surface area contributed by atoms with Crippen LogP contribution in [0.4, 0.5) is 17.6 Å². The summed E-state index contributed by atoms with van der Waals surface area (Å²) in [6.07, 6.45) is -0.733. The second kappa shape index (κ2) is 8.40. The van der Waals surface area contributed by atoms with Crippen LogP contribution in [0.5, 0.6) is 0 Å². The summed E-state index contributed by atoms with van der Waals surface area (Å²) in [7, 11) is 0. The first kappa shape index (κ1) is 20.0. The second-order valence-corrected chi connectivity index (χ2v) is 8.77. The summed E-state index contributed by atoms with van der Waals surface area (Å²) in [6, 6.07) is 0. The van der Waals surface area contributed by atoms with E-state index < -0.39 is 24.7 Å². The number of halogens is 4. The predicted octanol–water partition coefficient (Wildman–Crippen LogP) is 6.48. The van der Waals surface area contributed by atoms with Gasteiger partial charge in [-0.1, -0.05) is 27.7 Å². The van der Waals surface area contributed by atoms with Gasteiger partial charge in [0.1, 0.15) is 24.7 Å². The van der Waals surface area contributed by atoms with Crippen LogP contribution in [-0.4, -0.2) is 24.7 Å². The van der Waals surface area contributed by atoms with Gasteiger partial charge in [0.25, 0.3) is 0 Å². The molecule has 24 heavy (non-hydrogen) atoms. The van der Waals surface area contributed by atoms with Crippen LogP contribution in [0.3, 0.4) is 0 Å². The molecule has 0 bridgehead atoms. The number of alkyl halides is 4. The minimum Gasteiger partial charge on any atom is -0.244 e. The lowest BCUT2D eigenvalue weighted by atomic mass is 9.66. The summed E-state index contributed by atoms with van der Waals surface area (Å²) < 4.78 is 56.7. The molecule has 0 aromatic rings. The maximum Gasteiger partial charge on any atom is 0.134 e. The molecule has 0 saturated heterocycles. The Balaban J connectivity index is 1.87. The first-order valence-corrected chi connectivity index (χ1v) is 9.80. The minimum atomic E-state index is -1.42. The van der Waals surface area contributed by atoms with Crippen molar-refractivity contribution in [2.24, 2.45) is 35.5 Å². The molecule has 0 aromatic carbocycles. The molecule has 0 N–H and O–H groups in total. The summed E-state index contributed by atoms with van der Waals surface area (Å²) >= 11 is 0. The SMILES string of the molecule is CC(C)C(F)C(F)C(C)C1CCC(C2CCC(C)C(F)C2F)CC1. The Morgan fingerprint density at radius 2 is 1.33 bits per heavy atom. The van der Waals surface area contributed by atoms with Gasteiger partial charge in [0.2, 0.25) is 0 Å². The maximum atomic E-state index is 14.4. The van der Waals surface area contributed by atoms with Gasteiger partial charge in [-0.25, -0.2) is 17.6 Å². The third-order valence-electron chi connectivity index (χ3n) is 6.82.